The van der Waals surface area contributed by atoms with E-state index < -0.39 is 23.5 Å². The highest BCUT2D eigenvalue weighted by atomic mass is 32.1. The molecule has 162 valence electrons. The van der Waals surface area contributed by atoms with Gasteiger partial charge in [0.15, 0.2) is 11.4 Å². The van der Waals surface area contributed by atoms with E-state index in [9.17, 15) is 23.5 Å². The van der Waals surface area contributed by atoms with Crippen LogP contribution in [0.15, 0.2) is 60.2 Å². The van der Waals surface area contributed by atoms with Crippen LogP contribution in [-0.2, 0) is 9.59 Å². The van der Waals surface area contributed by atoms with Crippen molar-refractivity contribution in [2.75, 3.05) is 5.32 Å². The molecular weight excluding hydrogens is 454 g/mol. The minimum Gasteiger partial charge on any atom is -0.506 e. The van der Waals surface area contributed by atoms with Crippen molar-refractivity contribution in [1.29, 1.82) is 0 Å². The van der Waals surface area contributed by atoms with Gasteiger partial charge in [0.2, 0.25) is 5.78 Å². The fourth-order valence-electron chi connectivity index (χ4n) is 3.21. The summed E-state index contributed by atoms with van der Waals surface area (Å²) in [5.41, 5.74) is 0.780. The molecule has 0 spiro atoms. The molecule has 0 aliphatic rings. The Balaban J connectivity index is 1.86. The molecule has 2 N–H and O–H groups in total. The maximum absolute atomic E-state index is 13.6. The Labute approximate surface area is 189 Å². The van der Waals surface area contributed by atoms with Crippen molar-refractivity contribution in [2.45, 2.75) is 13.0 Å². The molecule has 2 aromatic heterocycles. The van der Waals surface area contributed by atoms with Gasteiger partial charge in [-0.3, -0.25) is 9.59 Å². The average Bonchev–Trinajstić information content (AvgIpc) is 3.38. The monoisotopic (exact) mass is 470 g/mol. The highest BCUT2D eigenvalue weighted by Gasteiger charge is 2.29. The highest BCUT2D eigenvalue weighted by Crippen LogP contribution is 2.36. The Bertz CT molecular complexity index is 1340. The molecule has 0 saturated carbocycles. The molecular formula is C23H16F2N2O3S2. The third-order valence-corrected chi connectivity index (χ3v) is 6.67. The van der Waals surface area contributed by atoms with Crippen LogP contribution in [0.3, 0.4) is 0 Å². The molecule has 0 saturated heterocycles. The summed E-state index contributed by atoms with van der Waals surface area (Å²) in [6.45, 7) is 1.85. The smallest absolute Gasteiger partial charge is 0.227 e. The maximum Gasteiger partial charge on any atom is 0.227 e. The number of ketones is 1. The predicted molar refractivity (Wildman–Crippen MR) is 122 cm³/mol. The van der Waals surface area contributed by atoms with Crippen LogP contribution in [0.25, 0.3) is 16.0 Å². The van der Waals surface area contributed by atoms with E-state index in [0.717, 1.165) is 16.2 Å². The van der Waals surface area contributed by atoms with Crippen molar-refractivity contribution in [3.63, 3.8) is 0 Å². The van der Waals surface area contributed by atoms with Crippen molar-refractivity contribution >= 4 is 55.9 Å². The van der Waals surface area contributed by atoms with Gasteiger partial charge in [-0.15, -0.1) is 11.3 Å². The van der Waals surface area contributed by atoms with Crippen LogP contribution < -0.4 is 5.32 Å². The molecule has 4 rings (SSSR count). The van der Waals surface area contributed by atoms with E-state index in [1.54, 1.807) is 12.1 Å². The molecule has 5 nitrogen and oxygen atoms in total. The number of aldehydes is 1. The number of anilines is 1. The number of benzene rings is 2. The maximum atomic E-state index is 13.6. The van der Waals surface area contributed by atoms with Gasteiger partial charge in [0, 0.05) is 4.88 Å². The van der Waals surface area contributed by atoms with E-state index in [0.29, 0.717) is 25.8 Å². The predicted octanol–water partition coefficient (Wildman–Crippen LogP) is 5.83. The Kier molecular flexibility index (Phi) is 6.11. The summed E-state index contributed by atoms with van der Waals surface area (Å²) in [5, 5.41) is 14.4. The molecule has 2 heterocycles. The summed E-state index contributed by atoms with van der Waals surface area (Å²) in [6.07, 6.45) is 0.123. The van der Waals surface area contributed by atoms with Crippen molar-refractivity contribution in [2.24, 2.45) is 0 Å². The lowest BCUT2D eigenvalue weighted by Gasteiger charge is -2.21. The molecule has 0 aliphatic carbocycles. The second kappa shape index (κ2) is 8.97. The number of rotatable bonds is 7. The number of nitrogens with zero attached hydrogens (tertiary/aromatic N) is 1. The van der Waals surface area contributed by atoms with Crippen LogP contribution in [0, 0.1) is 18.6 Å². The number of hydrogen-bond donors (Lipinski definition) is 2. The van der Waals surface area contributed by atoms with Gasteiger partial charge in [-0.1, -0.05) is 23.5 Å². The molecule has 0 fully saturated rings. The zero-order valence-electron chi connectivity index (χ0n) is 16.6. The van der Waals surface area contributed by atoms with Crippen LogP contribution in [0.1, 0.15) is 21.4 Å². The van der Waals surface area contributed by atoms with Gasteiger partial charge in [-0.05, 0) is 55.0 Å². The number of carbonyl (C=O) groups is 2. The number of carbonyl (C=O) groups excluding carboxylic acids is 2. The lowest BCUT2D eigenvalue weighted by molar-refractivity contribution is -0.127. The van der Waals surface area contributed by atoms with Gasteiger partial charge in [0.05, 0.1) is 26.7 Å². The topological polar surface area (TPSA) is 79.3 Å². The summed E-state index contributed by atoms with van der Waals surface area (Å²) >= 11 is 2.41. The SMILES string of the molecule is Cc1ccc(C(O)=C(C(=O)C=O)C(Nc2nc3ccc(F)cc3s2)c2ccc(F)cc2)s1. The molecule has 0 aliphatic heterocycles. The number of fused-ring (bicyclic) bond motifs is 1. The molecule has 0 bridgehead atoms. The summed E-state index contributed by atoms with van der Waals surface area (Å²) in [6, 6.07) is 11.9. The van der Waals surface area contributed by atoms with Gasteiger partial charge in [0.25, 0.3) is 0 Å². The Morgan fingerprint density at radius 2 is 1.78 bits per heavy atom. The lowest BCUT2D eigenvalue weighted by atomic mass is 9.94. The molecule has 0 amide bonds. The molecule has 1 unspecified atom stereocenters. The van der Waals surface area contributed by atoms with E-state index in [1.807, 2.05) is 6.92 Å². The summed E-state index contributed by atoms with van der Waals surface area (Å²) in [7, 11) is 0. The number of aromatic nitrogens is 1. The van der Waals surface area contributed by atoms with Crippen LogP contribution in [0.2, 0.25) is 0 Å². The van der Waals surface area contributed by atoms with Crippen molar-refractivity contribution in [3.8, 4) is 0 Å². The second-order valence-electron chi connectivity index (χ2n) is 6.91. The molecule has 1 atom stereocenters. The van der Waals surface area contributed by atoms with E-state index in [4.69, 9.17) is 0 Å². The minimum atomic E-state index is -1.01. The lowest BCUT2D eigenvalue weighted by Crippen LogP contribution is -2.21. The average molecular weight is 471 g/mol. The number of thiophene rings is 1. The Morgan fingerprint density at radius 3 is 2.44 bits per heavy atom. The molecule has 32 heavy (non-hydrogen) atoms. The molecule has 0 radical (unpaired) electrons. The Hall–Kier alpha value is -3.43. The second-order valence-corrected chi connectivity index (χ2v) is 9.23. The fourth-order valence-corrected chi connectivity index (χ4v) is 4.96. The van der Waals surface area contributed by atoms with Crippen molar-refractivity contribution in [1.82, 2.24) is 4.98 Å². The number of nitrogens with one attached hydrogen (secondary N) is 1. The first-order valence-corrected chi connectivity index (χ1v) is 11.1. The van der Waals surface area contributed by atoms with Gasteiger partial charge >= 0.3 is 0 Å². The van der Waals surface area contributed by atoms with Crippen LogP contribution in [0.4, 0.5) is 13.9 Å². The number of aryl methyl sites for hydroxylation is 1. The zero-order valence-corrected chi connectivity index (χ0v) is 18.3. The first-order valence-electron chi connectivity index (χ1n) is 9.43. The standard InChI is InChI=1S/C23H16F2N2O3S2/c1-12-2-9-18(31-12)22(30)20(17(29)11-28)21(13-3-5-14(24)6-4-13)27-23-26-16-8-7-15(25)10-19(16)32-23/h2-11,21,30H,1H3,(H,26,27). The van der Waals surface area contributed by atoms with E-state index in [-0.39, 0.29) is 17.6 Å². The molecule has 9 heteroatoms. The number of Topliss-reactive ketones (excluding diaryl/α,β-unsaturated/α-hetero) is 1. The highest BCUT2D eigenvalue weighted by molar-refractivity contribution is 7.22. The first kappa shape index (κ1) is 21.8. The van der Waals surface area contributed by atoms with Crippen molar-refractivity contribution < 1.29 is 23.5 Å². The normalized spacial score (nSPS) is 13.0. The van der Waals surface area contributed by atoms with Crippen molar-refractivity contribution in [3.05, 3.63) is 87.1 Å². The molecule has 2 aromatic carbocycles. The van der Waals surface area contributed by atoms with Gasteiger partial charge < -0.3 is 10.4 Å². The molecule has 4 aromatic rings. The van der Waals surface area contributed by atoms with Gasteiger partial charge in [-0.2, -0.15) is 0 Å². The van der Waals surface area contributed by atoms with Crippen LogP contribution >= 0.6 is 22.7 Å². The number of thiazole rings is 1. The fraction of sp³-hybridized carbons (Fsp3) is 0.0870. The minimum absolute atomic E-state index is 0.123. The third kappa shape index (κ3) is 4.44. The number of hydrogen-bond acceptors (Lipinski definition) is 7. The van der Waals surface area contributed by atoms with Gasteiger partial charge in [0.1, 0.15) is 17.4 Å². The summed E-state index contributed by atoms with van der Waals surface area (Å²) in [5.74, 6) is -2.17. The first-order chi connectivity index (χ1) is 15.4. The number of halogens is 2. The number of aliphatic hydroxyl groups excluding tert-OH is 1. The number of aliphatic hydroxyl groups is 1. The third-order valence-electron chi connectivity index (χ3n) is 4.71. The summed E-state index contributed by atoms with van der Waals surface area (Å²) in [4.78, 5) is 29.9. The van der Waals surface area contributed by atoms with Crippen LogP contribution in [0.5, 0.6) is 0 Å². The van der Waals surface area contributed by atoms with E-state index in [1.165, 1.54) is 53.8 Å². The van der Waals surface area contributed by atoms with E-state index in [2.05, 4.69) is 10.3 Å². The van der Waals surface area contributed by atoms with Crippen LogP contribution in [-0.4, -0.2) is 22.2 Å². The zero-order chi connectivity index (χ0) is 22.8. The summed E-state index contributed by atoms with van der Waals surface area (Å²) < 4.78 is 27.7. The largest absolute Gasteiger partial charge is 0.506 e. The quantitative estimate of drug-likeness (QED) is 0.154. The van der Waals surface area contributed by atoms with Gasteiger partial charge in [-0.25, -0.2) is 13.8 Å². The van der Waals surface area contributed by atoms with E-state index >= 15 is 0 Å². The Morgan fingerprint density at radius 1 is 1.06 bits per heavy atom.